The Balaban J connectivity index is 2.13. The minimum absolute atomic E-state index is 0.00792. The summed E-state index contributed by atoms with van der Waals surface area (Å²) in [6.45, 7) is 6.91. The van der Waals surface area contributed by atoms with E-state index < -0.39 is 5.60 Å². The Morgan fingerprint density at radius 3 is 2.35 bits per heavy atom. The number of hydrogen-bond donors (Lipinski definition) is 1. The number of rotatable bonds is 1. The number of fused-ring (bicyclic) bond motifs is 2. The SMILES string of the molecule is CC1(C)[C@@H]2CC[C@@]1(C)[C@@](O)(c1ccncc1)C2. The van der Waals surface area contributed by atoms with Gasteiger partial charge in [0.15, 0.2) is 0 Å². The Labute approximate surface area is 103 Å². The van der Waals surface area contributed by atoms with Crippen LogP contribution < -0.4 is 0 Å². The Kier molecular flexibility index (Phi) is 2.05. The van der Waals surface area contributed by atoms with Gasteiger partial charge in [0.2, 0.25) is 0 Å². The summed E-state index contributed by atoms with van der Waals surface area (Å²) in [5.41, 5.74) is 0.602. The molecule has 2 nitrogen and oxygen atoms in total. The monoisotopic (exact) mass is 231 g/mol. The van der Waals surface area contributed by atoms with Crippen molar-refractivity contribution in [2.45, 2.75) is 45.6 Å². The average molecular weight is 231 g/mol. The van der Waals surface area contributed by atoms with Crippen LogP contribution in [0.25, 0.3) is 0 Å². The molecule has 2 fully saturated rings. The van der Waals surface area contributed by atoms with E-state index in [0.717, 1.165) is 18.4 Å². The van der Waals surface area contributed by atoms with Crippen LogP contribution in [0, 0.1) is 16.7 Å². The highest BCUT2D eigenvalue weighted by Gasteiger charge is 2.68. The van der Waals surface area contributed by atoms with E-state index in [9.17, 15) is 5.11 Å². The van der Waals surface area contributed by atoms with E-state index in [4.69, 9.17) is 0 Å². The standard InChI is InChI=1S/C15H21NO/c1-13(2)12-4-7-14(13,3)15(17,10-12)11-5-8-16-9-6-11/h5-6,8-9,12,17H,4,7,10H2,1-3H3/t12-,14-,15+/m1/s1. The zero-order chi connectivity index (χ0) is 12.3. The van der Waals surface area contributed by atoms with Crippen molar-refractivity contribution in [1.82, 2.24) is 4.98 Å². The molecule has 1 aromatic heterocycles. The van der Waals surface area contributed by atoms with Crippen LogP contribution in [-0.2, 0) is 5.60 Å². The van der Waals surface area contributed by atoms with Crippen LogP contribution in [0.4, 0.5) is 0 Å². The van der Waals surface area contributed by atoms with Crippen LogP contribution in [0.2, 0.25) is 0 Å². The second kappa shape index (κ2) is 3.11. The Bertz CT molecular complexity index is 441. The maximum absolute atomic E-state index is 11.2. The predicted molar refractivity (Wildman–Crippen MR) is 67.4 cm³/mol. The van der Waals surface area contributed by atoms with E-state index in [1.807, 2.05) is 12.1 Å². The summed E-state index contributed by atoms with van der Waals surface area (Å²) in [4.78, 5) is 4.06. The fourth-order valence-corrected chi connectivity index (χ4v) is 4.34. The second-order valence-electron chi connectivity index (χ2n) is 6.59. The molecular weight excluding hydrogens is 210 g/mol. The van der Waals surface area contributed by atoms with E-state index in [1.165, 1.54) is 6.42 Å². The molecule has 0 aliphatic heterocycles. The molecule has 1 N–H and O–H groups in total. The van der Waals surface area contributed by atoms with Crippen LogP contribution in [0.5, 0.6) is 0 Å². The molecule has 2 saturated carbocycles. The summed E-state index contributed by atoms with van der Waals surface area (Å²) in [5, 5.41) is 11.2. The summed E-state index contributed by atoms with van der Waals surface area (Å²) < 4.78 is 0. The molecule has 1 aromatic rings. The number of hydrogen-bond acceptors (Lipinski definition) is 2. The first kappa shape index (κ1) is 11.2. The number of aliphatic hydroxyl groups is 1. The van der Waals surface area contributed by atoms with Gasteiger partial charge in [-0.15, -0.1) is 0 Å². The molecule has 0 saturated heterocycles. The lowest BCUT2D eigenvalue weighted by atomic mass is 9.62. The minimum Gasteiger partial charge on any atom is -0.385 e. The van der Waals surface area contributed by atoms with Gasteiger partial charge in [0.1, 0.15) is 0 Å². The zero-order valence-corrected chi connectivity index (χ0v) is 10.9. The molecule has 1 heterocycles. The van der Waals surface area contributed by atoms with Crippen molar-refractivity contribution in [3.05, 3.63) is 30.1 Å². The third-order valence-electron chi connectivity index (χ3n) is 6.05. The van der Waals surface area contributed by atoms with Gasteiger partial charge in [-0.2, -0.15) is 0 Å². The molecule has 2 heteroatoms. The van der Waals surface area contributed by atoms with E-state index in [-0.39, 0.29) is 10.8 Å². The molecule has 3 atom stereocenters. The molecule has 17 heavy (non-hydrogen) atoms. The maximum Gasteiger partial charge on any atom is 0.0958 e. The molecule has 2 aliphatic carbocycles. The van der Waals surface area contributed by atoms with Crippen molar-refractivity contribution in [3.8, 4) is 0 Å². The number of pyridine rings is 1. The molecule has 0 aromatic carbocycles. The molecule has 2 aliphatic rings. The normalized spacial score (nSPS) is 42.9. The third-order valence-corrected chi connectivity index (χ3v) is 6.05. The van der Waals surface area contributed by atoms with Crippen molar-refractivity contribution in [2.24, 2.45) is 16.7 Å². The van der Waals surface area contributed by atoms with Crippen LogP contribution in [0.3, 0.4) is 0 Å². The Morgan fingerprint density at radius 1 is 1.24 bits per heavy atom. The molecular formula is C15H21NO. The fraction of sp³-hybridized carbons (Fsp3) is 0.667. The Morgan fingerprint density at radius 2 is 1.88 bits per heavy atom. The fourth-order valence-electron chi connectivity index (χ4n) is 4.34. The minimum atomic E-state index is -0.664. The van der Waals surface area contributed by atoms with Gasteiger partial charge in [-0.25, -0.2) is 0 Å². The topological polar surface area (TPSA) is 33.1 Å². The molecule has 0 unspecified atom stereocenters. The predicted octanol–water partition coefficient (Wildman–Crippen LogP) is 3.12. The zero-order valence-electron chi connectivity index (χ0n) is 10.9. The van der Waals surface area contributed by atoms with Crippen molar-refractivity contribution < 1.29 is 5.11 Å². The summed E-state index contributed by atoms with van der Waals surface area (Å²) >= 11 is 0. The lowest BCUT2D eigenvalue weighted by molar-refractivity contribution is -0.0958. The van der Waals surface area contributed by atoms with Crippen molar-refractivity contribution in [1.29, 1.82) is 0 Å². The molecule has 0 amide bonds. The van der Waals surface area contributed by atoms with E-state index >= 15 is 0 Å². The summed E-state index contributed by atoms with van der Waals surface area (Å²) in [6, 6.07) is 3.95. The third kappa shape index (κ3) is 1.12. The number of nitrogens with zero attached hydrogens (tertiary/aromatic N) is 1. The van der Waals surface area contributed by atoms with Gasteiger partial charge < -0.3 is 5.11 Å². The molecule has 92 valence electrons. The van der Waals surface area contributed by atoms with Gasteiger partial charge in [-0.05, 0) is 48.3 Å². The van der Waals surface area contributed by atoms with Crippen LogP contribution in [0.1, 0.15) is 45.6 Å². The Hall–Kier alpha value is -0.890. The largest absolute Gasteiger partial charge is 0.385 e. The van der Waals surface area contributed by atoms with Crippen LogP contribution in [0.15, 0.2) is 24.5 Å². The van der Waals surface area contributed by atoms with Gasteiger partial charge in [0.25, 0.3) is 0 Å². The van der Waals surface area contributed by atoms with E-state index in [2.05, 4.69) is 25.8 Å². The summed E-state index contributed by atoms with van der Waals surface area (Å²) in [6.07, 6.45) is 6.87. The van der Waals surface area contributed by atoms with Crippen LogP contribution in [-0.4, -0.2) is 10.1 Å². The second-order valence-corrected chi connectivity index (χ2v) is 6.59. The maximum atomic E-state index is 11.2. The van der Waals surface area contributed by atoms with Crippen molar-refractivity contribution in [2.75, 3.05) is 0 Å². The molecule has 3 rings (SSSR count). The van der Waals surface area contributed by atoms with E-state index in [1.54, 1.807) is 12.4 Å². The molecule has 0 radical (unpaired) electrons. The molecule has 2 bridgehead atoms. The van der Waals surface area contributed by atoms with Gasteiger partial charge in [-0.1, -0.05) is 20.8 Å². The van der Waals surface area contributed by atoms with E-state index in [0.29, 0.717) is 5.92 Å². The summed E-state index contributed by atoms with van der Waals surface area (Å²) in [7, 11) is 0. The average Bonchev–Trinajstić information content (AvgIpc) is 2.62. The first-order chi connectivity index (χ1) is 7.92. The quantitative estimate of drug-likeness (QED) is 0.805. The summed E-state index contributed by atoms with van der Waals surface area (Å²) in [5.74, 6) is 0.644. The molecule has 0 spiro atoms. The highest BCUT2D eigenvalue weighted by Crippen LogP contribution is 2.72. The smallest absolute Gasteiger partial charge is 0.0958 e. The lowest BCUT2D eigenvalue weighted by Gasteiger charge is -2.45. The highest BCUT2D eigenvalue weighted by molar-refractivity contribution is 5.30. The first-order valence-corrected chi connectivity index (χ1v) is 6.55. The van der Waals surface area contributed by atoms with Crippen LogP contribution >= 0.6 is 0 Å². The van der Waals surface area contributed by atoms with Gasteiger partial charge in [0, 0.05) is 17.8 Å². The van der Waals surface area contributed by atoms with Crippen molar-refractivity contribution in [3.63, 3.8) is 0 Å². The highest BCUT2D eigenvalue weighted by atomic mass is 16.3. The van der Waals surface area contributed by atoms with Gasteiger partial charge in [0.05, 0.1) is 5.60 Å². The lowest BCUT2D eigenvalue weighted by Crippen LogP contribution is -2.44. The van der Waals surface area contributed by atoms with Crippen molar-refractivity contribution >= 4 is 0 Å². The van der Waals surface area contributed by atoms with Gasteiger partial charge >= 0.3 is 0 Å². The number of aromatic nitrogens is 1. The van der Waals surface area contributed by atoms with Gasteiger partial charge in [-0.3, -0.25) is 4.98 Å². The first-order valence-electron chi connectivity index (χ1n) is 6.55.